The number of rotatable bonds is 5. The number of aromatic nitrogens is 2. The van der Waals surface area contributed by atoms with Crippen molar-refractivity contribution in [2.24, 2.45) is 0 Å². The van der Waals surface area contributed by atoms with Crippen molar-refractivity contribution in [3.63, 3.8) is 0 Å². The quantitative estimate of drug-likeness (QED) is 0.480. The van der Waals surface area contributed by atoms with E-state index in [1.165, 1.54) is 0 Å². The molecule has 1 aliphatic rings. The van der Waals surface area contributed by atoms with Gasteiger partial charge in [0, 0.05) is 35.0 Å². The number of nitrogens with zero attached hydrogens (tertiary/aromatic N) is 2. The zero-order valence-corrected chi connectivity index (χ0v) is 17.2. The van der Waals surface area contributed by atoms with Crippen LogP contribution in [0.1, 0.15) is 34.8 Å². The number of amides is 1. The van der Waals surface area contributed by atoms with Gasteiger partial charge in [-0.05, 0) is 54.3 Å². The molecule has 0 aliphatic carbocycles. The molecule has 4 aromatic rings. The van der Waals surface area contributed by atoms with Gasteiger partial charge >= 0.3 is 0 Å². The van der Waals surface area contributed by atoms with Gasteiger partial charge in [-0.2, -0.15) is 5.10 Å². The van der Waals surface area contributed by atoms with Crippen LogP contribution in [0.25, 0.3) is 22.3 Å². The van der Waals surface area contributed by atoms with Gasteiger partial charge in [0.2, 0.25) is 0 Å². The molecular formula is C25H23N3O3. The third-order valence-corrected chi connectivity index (χ3v) is 5.90. The number of aromatic amines is 1. The van der Waals surface area contributed by atoms with Crippen LogP contribution in [0.2, 0.25) is 0 Å². The second kappa shape index (κ2) is 8.14. The highest BCUT2D eigenvalue weighted by Crippen LogP contribution is 2.36. The van der Waals surface area contributed by atoms with E-state index in [0.29, 0.717) is 11.3 Å². The number of likely N-dealkylation sites (tertiary alicyclic amines) is 1. The summed E-state index contributed by atoms with van der Waals surface area (Å²) in [6.07, 6.45) is 8.89. The van der Waals surface area contributed by atoms with Crippen LogP contribution in [0.15, 0.2) is 77.9 Å². The first kappa shape index (κ1) is 19.2. The lowest BCUT2D eigenvalue weighted by Crippen LogP contribution is -2.30. The van der Waals surface area contributed by atoms with Gasteiger partial charge in [-0.3, -0.25) is 9.89 Å². The predicted molar refractivity (Wildman–Crippen MR) is 118 cm³/mol. The number of ether oxygens (including phenoxy) is 1. The fourth-order valence-electron chi connectivity index (χ4n) is 4.34. The van der Waals surface area contributed by atoms with Gasteiger partial charge in [0.05, 0.1) is 31.9 Å². The molecule has 0 spiro atoms. The highest BCUT2D eigenvalue weighted by molar-refractivity contribution is 5.96. The van der Waals surface area contributed by atoms with Gasteiger partial charge in [-0.25, -0.2) is 0 Å². The van der Waals surface area contributed by atoms with E-state index in [4.69, 9.17) is 9.15 Å². The van der Waals surface area contributed by atoms with Gasteiger partial charge in [0.1, 0.15) is 5.75 Å². The van der Waals surface area contributed by atoms with Gasteiger partial charge in [-0.15, -0.1) is 0 Å². The first-order valence-electron chi connectivity index (χ1n) is 10.4. The lowest BCUT2D eigenvalue weighted by atomic mass is 9.99. The summed E-state index contributed by atoms with van der Waals surface area (Å²) >= 11 is 0. The predicted octanol–water partition coefficient (Wildman–Crippen LogP) is 5.32. The summed E-state index contributed by atoms with van der Waals surface area (Å²) in [6.45, 7) is 0.741. The van der Waals surface area contributed by atoms with Crippen LogP contribution in [0.4, 0.5) is 0 Å². The van der Waals surface area contributed by atoms with E-state index in [-0.39, 0.29) is 11.9 Å². The first-order valence-corrected chi connectivity index (χ1v) is 10.4. The van der Waals surface area contributed by atoms with E-state index in [2.05, 4.69) is 28.4 Å². The number of carbonyl (C=O) groups excluding carboxylic acids is 1. The summed E-state index contributed by atoms with van der Waals surface area (Å²) in [4.78, 5) is 15.4. The molecule has 2 aromatic carbocycles. The first-order chi connectivity index (χ1) is 15.2. The number of methoxy groups -OCH3 is 1. The average Bonchev–Trinajstić information content (AvgIpc) is 3.60. The van der Waals surface area contributed by atoms with Crippen molar-refractivity contribution in [3.05, 3.63) is 84.6 Å². The summed E-state index contributed by atoms with van der Waals surface area (Å²) in [5.41, 5.74) is 5.73. The van der Waals surface area contributed by atoms with E-state index < -0.39 is 0 Å². The Balaban J connectivity index is 1.43. The molecule has 6 nitrogen and oxygen atoms in total. The van der Waals surface area contributed by atoms with Crippen LogP contribution in [0.3, 0.4) is 0 Å². The van der Waals surface area contributed by atoms with Crippen molar-refractivity contribution in [2.75, 3.05) is 13.7 Å². The lowest BCUT2D eigenvalue weighted by Gasteiger charge is -2.26. The fraction of sp³-hybridized carbons (Fsp3) is 0.200. The third kappa shape index (κ3) is 3.61. The molecule has 1 unspecified atom stereocenters. The van der Waals surface area contributed by atoms with Crippen LogP contribution >= 0.6 is 0 Å². The smallest absolute Gasteiger partial charge is 0.254 e. The van der Waals surface area contributed by atoms with Crippen molar-refractivity contribution < 1.29 is 13.9 Å². The van der Waals surface area contributed by atoms with Gasteiger partial charge in [-0.1, -0.05) is 18.2 Å². The van der Waals surface area contributed by atoms with E-state index >= 15 is 0 Å². The van der Waals surface area contributed by atoms with E-state index in [9.17, 15) is 4.79 Å². The average molecular weight is 413 g/mol. The third-order valence-electron chi connectivity index (χ3n) is 5.90. The maximum absolute atomic E-state index is 13.4. The summed E-state index contributed by atoms with van der Waals surface area (Å²) in [5, 5.41) is 6.82. The maximum Gasteiger partial charge on any atom is 0.254 e. The second-order valence-corrected chi connectivity index (χ2v) is 7.70. The number of furan rings is 1. The molecule has 1 saturated heterocycles. The van der Waals surface area contributed by atoms with E-state index in [0.717, 1.165) is 47.2 Å². The van der Waals surface area contributed by atoms with Gasteiger partial charge in [0.15, 0.2) is 0 Å². The molecule has 1 fully saturated rings. The largest absolute Gasteiger partial charge is 0.496 e. The van der Waals surface area contributed by atoms with Crippen molar-refractivity contribution in [1.29, 1.82) is 0 Å². The maximum atomic E-state index is 13.4. The monoisotopic (exact) mass is 413 g/mol. The number of nitrogens with one attached hydrogen (secondary N) is 1. The molecule has 5 rings (SSSR count). The molecule has 156 valence electrons. The zero-order chi connectivity index (χ0) is 21.2. The highest BCUT2D eigenvalue weighted by atomic mass is 16.5. The molecule has 3 heterocycles. The molecule has 1 amide bonds. The molecular weight excluding hydrogens is 390 g/mol. The number of benzene rings is 2. The number of hydrogen-bond acceptors (Lipinski definition) is 4. The highest BCUT2D eigenvalue weighted by Gasteiger charge is 2.31. The summed E-state index contributed by atoms with van der Waals surface area (Å²) < 4.78 is 10.8. The van der Waals surface area contributed by atoms with Crippen LogP contribution in [-0.4, -0.2) is 34.7 Å². The van der Waals surface area contributed by atoms with Crippen LogP contribution in [0, 0.1) is 0 Å². The van der Waals surface area contributed by atoms with Crippen LogP contribution in [0.5, 0.6) is 5.75 Å². The minimum absolute atomic E-state index is 0.0215. The molecule has 0 saturated carbocycles. The minimum atomic E-state index is 0.0215. The molecule has 0 radical (unpaired) electrons. The molecule has 2 aromatic heterocycles. The van der Waals surface area contributed by atoms with Crippen molar-refractivity contribution in [1.82, 2.24) is 15.1 Å². The zero-order valence-electron chi connectivity index (χ0n) is 17.2. The normalized spacial score (nSPS) is 15.9. The Morgan fingerprint density at radius 3 is 2.87 bits per heavy atom. The Bertz CT molecular complexity index is 1180. The minimum Gasteiger partial charge on any atom is -0.496 e. The van der Waals surface area contributed by atoms with Crippen LogP contribution < -0.4 is 4.74 Å². The Morgan fingerprint density at radius 2 is 2.10 bits per heavy atom. The van der Waals surface area contributed by atoms with E-state index in [1.807, 2.05) is 41.4 Å². The summed E-state index contributed by atoms with van der Waals surface area (Å²) in [7, 11) is 1.62. The Hall–Kier alpha value is -3.80. The molecule has 0 bridgehead atoms. The SMILES string of the molecule is COc1cc(C(=O)N2CCCC2c2cccc(-c3ccoc3)c2)ccc1-c1cn[nH]c1. The number of carbonyl (C=O) groups is 1. The van der Waals surface area contributed by atoms with E-state index in [1.54, 1.807) is 25.8 Å². The molecule has 1 aliphatic heterocycles. The number of hydrogen-bond donors (Lipinski definition) is 1. The van der Waals surface area contributed by atoms with Crippen LogP contribution in [-0.2, 0) is 0 Å². The topological polar surface area (TPSA) is 71.4 Å². The molecule has 6 heteroatoms. The standard InChI is InChI=1S/C25H23N3O3/c1-30-24-13-19(7-8-22(24)21-14-26-27-15-21)25(29)28-10-3-6-23(28)18-5-2-4-17(12-18)20-9-11-31-16-20/h2,4-5,7-9,11-16,23H,3,6,10H2,1H3,(H,26,27). The Morgan fingerprint density at radius 1 is 1.16 bits per heavy atom. The fourth-order valence-corrected chi connectivity index (χ4v) is 4.34. The summed E-state index contributed by atoms with van der Waals surface area (Å²) in [5.74, 6) is 0.679. The Kier molecular flexibility index (Phi) is 5.04. The van der Waals surface area contributed by atoms with Crippen molar-refractivity contribution in [3.8, 4) is 28.0 Å². The summed E-state index contributed by atoms with van der Waals surface area (Å²) in [6, 6.07) is 16.0. The molecule has 1 atom stereocenters. The number of H-pyrrole nitrogens is 1. The van der Waals surface area contributed by atoms with Gasteiger partial charge in [0.25, 0.3) is 5.91 Å². The van der Waals surface area contributed by atoms with Gasteiger partial charge < -0.3 is 14.1 Å². The Labute approximate surface area is 180 Å². The van der Waals surface area contributed by atoms with Crippen molar-refractivity contribution >= 4 is 5.91 Å². The molecule has 1 N–H and O–H groups in total. The van der Waals surface area contributed by atoms with Crippen molar-refractivity contribution in [2.45, 2.75) is 18.9 Å². The second-order valence-electron chi connectivity index (χ2n) is 7.70. The molecule has 31 heavy (non-hydrogen) atoms. The lowest BCUT2D eigenvalue weighted by molar-refractivity contribution is 0.0735.